The van der Waals surface area contributed by atoms with Crippen LogP contribution < -0.4 is 10.6 Å². The van der Waals surface area contributed by atoms with E-state index in [2.05, 4.69) is 5.32 Å². The summed E-state index contributed by atoms with van der Waals surface area (Å²) in [7, 11) is 1.38. The van der Waals surface area contributed by atoms with Gasteiger partial charge in [-0.25, -0.2) is 22.4 Å². The Balaban J connectivity index is 1.62. The second-order valence-electron chi connectivity index (χ2n) is 6.99. The minimum atomic E-state index is -1.75. The predicted octanol–water partition coefficient (Wildman–Crippen LogP) is 3.90. The van der Waals surface area contributed by atoms with E-state index in [9.17, 15) is 31.9 Å². The van der Waals surface area contributed by atoms with Gasteiger partial charge in [-0.3, -0.25) is 9.59 Å². The highest BCUT2D eigenvalue weighted by molar-refractivity contribution is 7.21. The first kappa shape index (κ1) is 25.1. The topological polar surface area (TPSA) is 93.7 Å². The molecule has 34 heavy (non-hydrogen) atoms. The number of carbonyl (C=O) groups excluding carboxylic acids is 3. The Morgan fingerprint density at radius 1 is 1.03 bits per heavy atom. The summed E-state index contributed by atoms with van der Waals surface area (Å²) < 4.78 is 64.8. The number of esters is 1. The maximum Gasteiger partial charge on any atom is 0.349 e. The molecular formula is C22H18F4N2O5S. The monoisotopic (exact) mass is 498 g/mol. The van der Waals surface area contributed by atoms with Gasteiger partial charge >= 0.3 is 5.97 Å². The molecule has 0 radical (unpaired) electrons. The molecule has 7 nitrogen and oxygen atoms in total. The number of hydrogen-bond donors (Lipinski definition) is 2. The van der Waals surface area contributed by atoms with E-state index in [4.69, 9.17) is 9.47 Å². The highest BCUT2D eigenvalue weighted by Gasteiger charge is 2.26. The average molecular weight is 498 g/mol. The van der Waals surface area contributed by atoms with Gasteiger partial charge in [0.2, 0.25) is 5.91 Å². The van der Waals surface area contributed by atoms with Crippen molar-refractivity contribution < 1.29 is 41.4 Å². The fourth-order valence-electron chi connectivity index (χ4n) is 3.01. The molecule has 0 bridgehead atoms. The number of halogens is 4. The van der Waals surface area contributed by atoms with Crippen molar-refractivity contribution in [2.24, 2.45) is 0 Å². The van der Waals surface area contributed by atoms with Crippen molar-refractivity contribution in [3.8, 4) is 0 Å². The summed E-state index contributed by atoms with van der Waals surface area (Å²) >= 11 is 0.980. The van der Waals surface area contributed by atoms with Gasteiger partial charge < -0.3 is 20.1 Å². The molecule has 1 atom stereocenters. The fourth-order valence-corrected chi connectivity index (χ4v) is 4.11. The number of nitrogens with one attached hydrogen (secondary N) is 2. The standard InChI is InChI=1S/C22H18F4N2O5S/c1-10(21(30)27-8-16(29)28-14-7-6-13(24)18(25)19(14)26)33-22(31)20-11(9-32-2)17-12(23)4-3-5-15(17)34-20/h3-7,10H,8-9H2,1-2H3,(H,27,30)(H,28,29). The van der Waals surface area contributed by atoms with Crippen LogP contribution in [0, 0.1) is 23.3 Å². The molecule has 0 spiro atoms. The highest BCUT2D eigenvalue weighted by atomic mass is 32.1. The lowest BCUT2D eigenvalue weighted by Gasteiger charge is -2.14. The van der Waals surface area contributed by atoms with Gasteiger partial charge in [0, 0.05) is 22.8 Å². The molecule has 0 aliphatic rings. The minimum Gasteiger partial charge on any atom is -0.448 e. The third-order valence-electron chi connectivity index (χ3n) is 4.62. The van der Waals surface area contributed by atoms with E-state index in [1.807, 2.05) is 5.32 Å². The maximum atomic E-state index is 14.3. The zero-order valence-electron chi connectivity index (χ0n) is 17.8. The van der Waals surface area contributed by atoms with Crippen LogP contribution in [0.5, 0.6) is 0 Å². The molecule has 2 N–H and O–H groups in total. The number of thiophene rings is 1. The van der Waals surface area contributed by atoms with Crippen LogP contribution in [0.2, 0.25) is 0 Å². The lowest BCUT2D eigenvalue weighted by Crippen LogP contribution is -2.40. The van der Waals surface area contributed by atoms with Crippen LogP contribution in [-0.4, -0.2) is 37.5 Å². The number of benzene rings is 2. The Bertz CT molecular complexity index is 1260. The van der Waals surface area contributed by atoms with E-state index in [1.54, 1.807) is 6.07 Å². The van der Waals surface area contributed by atoms with Crippen molar-refractivity contribution in [3.05, 3.63) is 64.0 Å². The fraction of sp³-hybridized carbons (Fsp3) is 0.227. The van der Waals surface area contributed by atoms with E-state index < -0.39 is 59.4 Å². The minimum absolute atomic E-state index is 0.0628. The summed E-state index contributed by atoms with van der Waals surface area (Å²) in [5.74, 6) is -7.97. The Labute approximate surface area is 194 Å². The van der Waals surface area contributed by atoms with Crippen molar-refractivity contribution in [2.45, 2.75) is 19.6 Å². The lowest BCUT2D eigenvalue weighted by atomic mass is 10.1. The molecule has 180 valence electrons. The van der Waals surface area contributed by atoms with Gasteiger partial charge in [-0.15, -0.1) is 11.3 Å². The number of amides is 2. The van der Waals surface area contributed by atoms with Crippen LogP contribution in [0.1, 0.15) is 22.2 Å². The van der Waals surface area contributed by atoms with Crippen molar-refractivity contribution >= 4 is 44.9 Å². The van der Waals surface area contributed by atoms with Crippen molar-refractivity contribution in [3.63, 3.8) is 0 Å². The number of hydrogen-bond acceptors (Lipinski definition) is 6. The molecule has 3 rings (SSSR count). The molecule has 1 aromatic heterocycles. The molecule has 2 amide bonds. The van der Waals surface area contributed by atoms with Crippen molar-refractivity contribution in [1.29, 1.82) is 0 Å². The first-order valence-electron chi connectivity index (χ1n) is 9.74. The van der Waals surface area contributed by atoms with E-state index >= 15 is 0 Å². The van der Waals surface area contributed by atoms with Gasteiger partial charge in [-0.2, -0.15) is 0 Å². The van der Waals surface area contributed by atoms with Crippen molar-refractivity contribution in [1.82, 2.24) is 5.32 Å². The van der Waals surface area contributed by atoms with E-state index in [0.717, 1.165) is 17.4 Å². The number of carbonyl (C=O) groups is 3. The summed E-state index contributed by atoms with van der Waals surface area (Å²) in [5.41, 5.74) is -0.327. The Hall–Kier alpha value is -3.51. The molecule has 0 aliphatic heterocycles. The molecule has 0 saturated carbocycles. The molecule has 0 fully saturated rings. The molecule has 12 heteroatoms. The summed E-state index contributed by atoms with van der Waals surface area (Å²) in [5, 5.41) is 4.39. The largest absolute Gasteiger partial charge is 0.448 e. The zero-order valence-corrected chi connectivity index (χ0v) is 18.7. The van der Waals surface area contributed by atoms with E-state index in [-0.39, 0.29) is 22.4 Å². The van der Waals surface area contributed by atoms with Crippen LogP contribution in [0.15, 0.2) is 30.3 Å². The molecule has 0 aliphatic carbocycles. The lowest BCUT2D eigenvalue weighted by molar-refractivity contribution is -0.130. The second-order valence-corrected chi connectivity index (χ2v) is 8.04. The molecule has 1 heterocycles. The predicted molar refractivity (Wildman–Crippen MR) is 115 cm³/mol. The van der Waals surface area contributed by atoms with Crippen LogP contribution in [-0.2, 0) is 25.7 Å². The van der Waals surface area contributed by atoms with Crippen LogP contribution in [0.3, 0.4) is 0 Å². The molecule has 2 aromatic carbocycles. The van der Waals surface area contributed by atoms with Gasteiger partial charge in [0.1, 0.15) is 10.7 Å². The van der Waals surface area contributed by atoms with Crippen LogP contribution in [0.25, 0.3) is 10.1 Å². The Kier molecular flexibility index (Phi) is 7.84. The van der Waals surface area contributed by atoms with Gasteiger partial charge in [0.05, 0.1) is 18.8 Å². The van der Waals surface area contributed by atoms with E-state index in [0.29, 0.717) is 10.8 Å². The number of anilines is 1. The van der Waals surface area contributed by atoms with E-state index in [1.165, 1.54) is 26.2 Å². The number of ether oxygens (including phenoxy) is 2. The third-order valence-corrected chi connectivity index (χ3v) is 5.80. The summed E-state index contributed by atoms with van der Waals surface area (Å²) in [6, 6.07) is 5.82. The van der Waals surface area contributed by atoms with Crippen molar-refractivity contribution in [2.75, 3.05) is 19.0 Å². The van der Waals surface area contributed by atoms with Crippen LogP contribution >= 0.6 is 11.3 Å². The third kappa shape index (κ3) is 5.34. The molecule has 0 saturated heterocycles. The highest BCUT2D eigenvalue weighted by Crippen LogP contribution is 2.34. The smallest absolute Gasteiger partial charge is 0.349 e. The normalized spacial score (nSPS) is 11.8. The van der Waals surface area contributed by atoms with Gasteiger partial charge in [0.15, 0.2) is 23.6 Å². The van der Waals surface area contributed by atoms with Crippen LogP contribution in [0.4, 0.5) is 23.2 Å². The summed E-state index contributed by atoms with van der Waals surface area (Å²) in [6.45, 7) is 0.527. The first-order valence-corrected chi connectivity index (χ1v) is 10.6. The van der Waals surface area contributed by atoms with Gasteiger partial charge in [0.25, 0.3) is 5.91 Å². The number of rotatable bonds is 8. The zero-order chi connectivity index (χ0) is 25.0. The Morgan fingerprint density at radius 2 is 1.76 bits per heavy atom. The molecular weight excluding hydrogens is 480 g/mol. The summed E-state index contributed by atoms with van der Waals surface area (Å²) in [4.78, 5) is 36.9. The maximum absolute atomic E-state index is 14.3. The number of fused-ring (bicyclic) bond motifs is 1. The first-order chi connectivity index (χ1) is 16.1. The summed E-state index contributed by atoms with van der Waals surface area (Å²) in [6.07, 6.45) is -1.34. The Morgan fingerprint density at radius 3 is 2.47 bits per heavy atom. The number of methoxy groups -OCH3 is 1. The quantitative estimate of drug-likeness (QED) is 0.279. The molecule has 3 aromatic rings. The SMILES string of the molecule is COCc1c(C(=O)OC(C)C(=O)NCC(=O)Nc2ccc(F)c(F)c2F)sc2cccc(F)c12. The van der Waals surface area contributed by atoms with Gasteiger partial charge in [-0.1, -0.05) is 6.07 Å². The molecule has 1 unspecified atom stereocenters. The van der Waals surface area contributed by atoms with Gasteiger partial charge in [-0.05, 0) is 31.2 Å². The second kappa shape index (κ2) is 10.6. The average Bonchev–Trinajstić information content (AvgIpc) is 3.18.